The van der Waals surface area contributed by atoms with Gasteiger partial charge in [-0.1, -0.05) is 25.7 Å². The highest BCUT2D eigenvalue weighted by atomic mass is 16.4. The molecule has 1 aliphatic rings. The van der Waals surface area contributed by atoms with Crippen molar-refractivity contribution in [3.8, 4) is 0 Å². The molecule has 5 nitrogen and oxygen atoms in total. The number of hydrogen-bond acceptors (Lipinski definition) is 3. The third kappa shape index (κ3) is 3.35. The van der Waals surface area contributed by atoms with E-state index in [-0.39, 0.29) is 0 Å². The number of hydrogen-bond donors (Lipinski definition) is 1. The van der Waals surface area contributed by atoms with E-state index in [9.17, 15) is 9.90 Å². The van der Waals surface area contributed by atoms with Crippen LogP contribution in [0.2, 0.25) is 0 Å². The molecule has 0 atom stereocenters. The first kappa shape index (κ1) is 14.1. The molecule has 0 aliphatic heterocycles. The van der Waals surface area contributed by atoms with Gasteiger partial charge in [-0.05, 0) is 19.9 Å². The van der Waals surface area contributed by atoms with E-state index in [1.54, 1.807) is 4.68 Å². The fourth-order valence-corrected chi connectivity index (χ4v) is 2.89. The molecule has 2 rings (SSSR count). The summed E-state index contributed by atoms with van der Waals surface area (Å²) >= 11 is 0. The predicted molar refractivity (Wildman–Crippen MR) is 73.1 cm³/mol. The van der Waals surface area contributed by atoms with Crippen LogP contribution in [0.4, 0.5) is 0 Å². The number of nitrogens with zero attached hydrogens (tertiary/aromatic N) is 3. The molecule has 1 fully saturated rings. The van der Waals surface area contributed by atoms with Crippen molar-refractivity contribution in [3.05, 3.63) is 17.5 Å². The molecule has 1 saturated carbocycles. The Kier molecular flexibility index (Phi) is 4.58. The minimum Gasteiger partial charge on any atom is -0.478 e. The summed E-state index contributed by atoms with van der Waals surface area (Å²) in [7, 11) is 3.90. The summed E-state index contributed by atoms with van der Waals surface area (Å²) in [5.41, 5.74) is 1.11. The lowest BCUT2D eigenvalue weighted by molar-refractivity contribution is 0.0693. The topological polar surface area (TPSA) is 58.4 Å². The van der Waals surface area contributed by atoms with Gasteiger partial charge >= 0.3 is 5.97 Å². The lowest BCUT2D eigenvalue weighted by atomic mass is 10.1. The highest BCUT2D eigenvalue weighted by molar-refractivity contribution is 5.88. The van der Waals surface area contributed by atoms with Crippen LogP contribution >= 0.6 is 0 Å². The van der Waals surface area contributed by atoms with Gasteiger partial charge in [-0.15, -0.1) is 0 Å². The first-order valence-corrected chi connectivity index (χ1v) is 7.04. The first-order valence-electron chi connectivity index (χ1n) is 7.04. The van der Waals surface area contributed by atoms with Crippen LogP contribution in [0, 0.1) is 0 Å². The second kappa shape index (κ2) is 6.19. The molecular formula is C14H23N3O2. The Morgan fingerprint density at radius 2 is 2.05 bits per heavy atom. The van der Waals surface area contributed by atoms with Gasteiger partial charge in [0.25, 0.3) is 0 Å². The van der Waals surface area contributed by atoms with Crippen LogP contribution in [0.5, 0.6) is 0 Å². The number of aromatic nitrogens is 2. The number of carboxylic acids is 1. The molecule has 1 heterocycles. The lowest BCUT2D eigenvalue weighted by Crippen LogP contribution is -2.32. The molecule has 0 spiro atoms. The highest BCUT2D eigenvalue weighted by Crippen LogP contribution is 2.22. The summed E-state index contributed by atoms with van der Waals surface area (Å²) in [5, 5.41) is 13.2. The highest BCUT2D eigenvalue weighted by Gasteiger charge is 2.21. The molecular weight excluding hydrogens is 242 g/mol. The molecule has 1 aromatic heterocycles. The second-order valence-electron chi connectivity index (χ2n) is 5.49. The van der Waals surface area contributed by atoms with Crippen molar-refractivity contribution < 1.29 is 9.90 Å². The van der Waals surface area contributed by atoms with Crippen LogP contribution in [0.25, 0.3) is 0 Å². The van der Waals surface area contributed by atoms with E-state index in [0.717, 1.165) is 5.69 Å². The minimum absolute atomic E-state index is 0.322. The molecule has 0 radical (unpaired) electrons. The fourth-order valence-electron chi connectivity index (χ4n) is 2.89. The van der Waals surface area contributed by atoms with Gasteiger partial charge in [0.2, 0.25) is 0 Å². The van der Waals surface area contributed by atoms with Gasteiger partial charge in [0.05, 0.1) is 11.9 Å². The molecule has 19 heavy (non-hydrogen) atoms. The number of aryl methyl sites for hydroxylation is 1. The molecule has 0 aromatic carbocycles. The third-order valence-electron chi connectivity index (χ3n) is 4.14. The van der Waals surface area contributed by atoms with Gasteiger partial charge in [0, 0.05) is 19.6 Å². The first-order chi connectivity index (χ1) is 9.09. The normalized spacial score (nSPS) is 17.6. The smallest absolute Gasteiger partial charge is 0.339 e. The van der Waals surface area contributed by atoms with Gasteiger partial charge in [0.1, 0.15) is 5.56 Å². The number of rotatable bonds is 4. The maximum Gasteiger partial charge on any atom is 0.339 e. The second-order valence-corrected chi connectivity index (χ2v) is 5.49. The zero-order chi connectivity index (χ0) is 13.8. The Labute approximate surface area is 114 Å². The lowest BCUT2D eigenvalue weighted by Gasteiger charge is -2.27. The van der Waals surface area contributed by atoms with Gasteiger partial charge in [0.15, 0.2) is 0 Å². The number of aromatic carboxylic acids is 1. The average molecular weight is 265 g/mol. The van der Waals surface area contributed by atoms with Crippen LogP contribution < -0.4 is 0 Å². The molecule has 1 N–H and O–H groups in total. The fraction of sp³-hybridized carbons (Fsp3) is 0.714. The Morgan fingerprint density at radius 1 is 1.42 bits per heavy atom. The van der Waals surface area contributed by atoms with E-state index in [4.69, 9.17) is 0 Å². The number of carboxylic acid groups (broad SMARTS) is 1. The Morgan fingerprint density at radius 3 is 2.63 bits per heavy atom. The standard InChI is InChI=1S/C14H23N3O2/c1-16(11-7-5-3-4-6-8-11)10-13-12(14(18)19)9-15-17(13)2/h9,11H,3-8,10H2,1-2H3,(H,18,19). The Balaban J connectivity index is 2.07. The quantitative estimate of drug-likeness (QED) is 0.848. The molecule has 1 aliphatic carbocycles. The van der Waals surface area contributed by atoms with Crippen molar-refractivity contribution in [2.45, 2.75) is 51.1 Å². The van der Waals surface area contributed by atoms with E-state index in [0.29, 0.717) is 18.2 Å². The van der Waals surface area contributed by atoms with Gasteiger partial charge < -0.3 is 5.11 Å². The SMILES string of the molecule is CN(Cc1c(C(=O)O)cnn1C)C1CCCCCC1. The summed E-state index contributed by atoms with van der Waals surface area (Å²) in [6, 6.07) is 0.569. The molecule has 5 heteroatoms. The van der Waals surface area contributed by atoms with Gasteiger partial charge in [-0.25, -0.2) is 4.79 Å². The van der Waals surface area contributed by atoms with Crippen LogP contribution in [-0.4, -0.2) is 38.8 Å². The van der Waals surface area contributed by atoms with Crippen LogP contribution in [-0.2, 0) is 13.6 Å². The van der Waals surface area contributed by atoms with Crippen LogP contribution in [0.3, 0.4) is 0 Å². The van der Waals surface area contributed by atoms with Crippen LogP contribution in [0.15, 0.2) is 6.20 Å². The maximum absolute atomic E-state index is 11.2. The Hall–Kier alpha value is -1.36. The molecule has 1 aromatic rings. The predicted octanol–water partition coefficient (Wildman–Crippen LogP) is 2.27. The molecule has 0 amide bonds. The van der Waals surface area contributed by atoms with Crippen molar-refractivity contribution in [1.82, 2.24) is 14.7 Å². The monoisotopic (exact) mass is 265 g/mol. The molecule has 0 bridgehead atoms. The van der Waals surface area contributed by atoms with Crippen molar-refractivity contribution in [2.24, 2.45) is 7.05 Å². The van der Waals surface area contributed by atoms with Gasteiger partial charge in [-0.2, -0.15) is 5.10 Å². The average Bonchev–Trinajstić information content (AvgIpc) is 2.60. The zero-order valence-corrected chi connectivity index (χ0v) is 11.8. The van der Waals surface area contributed by atoms with Crippen LogP contribution in [0.1, 0.15) is 54.6 Å². The summed E-state index contributed by atoms with van der Waals surface area (Å²) in [6.07, 6.45) is 9.11. The summed E-state index contributed by atoms with van der Waals surface area (Å²) in [4.78, 5) is 13.5. The molecule has 0 unspecified atom stereocenters. The van der Waals surface area contributed by atoms with Crippen molar-refractivity contribution in [1.29, 1.82) is 0 Å². The Bertz CT molecular complexity index is 434. The van der Waals surface area contributed by atoms with E-state index >= 15 is 0 Å². The summed E-state index contributed by atoms with van der Waals surface area (Å²) in [6.45, 7) is 0.656. The zero-order valence-electron chi connectivity index (χ0n) is 11.8. The van der Waals surface area contributed by atoms with E-state index in [2.05, 4.69) is 17.0 Å². The minimum atomic E-state index is -0.891. The summed E-state index contributed by atoms with van der Waals surface area (Å²) < 4.78 is 1.68. The van der Waals surface area contributed by atoms with E-state index in [1.165, 1.54) is 44.7 Å². The summed E-state index contributed by atoms with van der Waals surface area (Å²) in [5.74, 6) is -0.891. The number of carbonyl (C=O) groups is 1. The van der Waals surface area contributed by atoms with Crippen molar-refractivity contribution >= 4 is 5.97 Å². The molecule has 106 valence electrons. The van der Waals surface area contributed by atoms with Crippen molar-refractivity contribution in [2.75, 3.05) is 7.05 Å². The third-order valence-corrected chi connectivity index (χ3v) is 4.14. The van der Waals surface area contributed by atoms with Crippen molar-refractivity contribution in [3.63, 3.8) is 0 Å². The maximum atomic E-state index is 11.2. The largest absolute Gasteiger partial charge is 0.478 e. The van der Waals surface area contributed by atoms with Gasteiger partial charge in [-0.3, -0.25) is 9.58 Å². The molecule has 0 saturated heterocycles. The van der Waals surface area contributed by atoms with E-state index in [1.807, 2.05) is 7.05 Å². The van der Waals surface area contributed by atoms with E-state index < -0.39 is 5.97 Å².